The summed E-state index contributed by atoms with van der Waals surface area (Å²) in [5.74, 6) is 1.21. The maximum atomic E-state index is 13.4. The number of hydrogen-bond acceptors (Lipinski definition) is 6. The van der Waals surface area contributed by atoms with Gasteiger partial charge in [0.25, 0.3) is 5.91 Å². The summed E-state index contributed by atoms with van der Waals surface area (Å²) in [4.78, 5) is 18.1. The molecule has 176 valence electrons. The maximum absolute atomic E-state index is 13.4. The summed E-state index contributed by atoms with van der Waals surface area (Å²) in [5.41, 5.74) is 2.84. The smallest absolute Gasteiger partial charge is 0.251 e. The lowest BCUT2D eigenvalue weighted by Gasteiger charge is -2.64. The molecule has 1 unspecified atom stereocenters. The number of piperidine rings is 1. The van der Waals surface area contributed by atoms with Crippen molar-refractivity contribution in [2.45, 2.75) is 68.4 Å². The standard InChI is InChI=1S/C27H29N3O4/c1-14-3-2-4-20-28-25(32)17-12-27(33)19-11-16-7-8-18(31)23-21(16)26(27,24(34-23)22(17)30(14)20)9-10-29(19)13-15-5-6-15/h2-4,7-8,15,19-20,24,31,33H,5-6,9-13H2,1H3,(H,28,32)/t19-,20?,24+,26+,27-/m1/s1. The van der Waals surface area contributed by atoms with Crippen molar-refractivity contribution in [3.8, 4) is 11.5 Å². The largest absolute Gasteiger partial charge is 0.504 e. The van der Waals surface area contributed by atoms with E-state index in [2.05, 4.69) is 15.1 Å². The Morgan fingerprint density at radius 3 is 2.97 bits per heavy atom. The second kappa shape index (κ2) is 6.07. The third-order valence-electron chi connectivity index (χ3n) is 9.62. The number of rotatable bonds is 2. The van der Waals surface area contributed by atoms with Crippen LogP contribution in [0.15, 0.2) is 47.3 Å². The normalized spacial score (nSPS) is 39.1. The van der Waals surface area contributed by atoms with Gasteiger partial charge in [0.05, 0.1) is 16.7 Å². The van der Waals surface area contributed by atoms with Crippen molar-refractivity contribution in [2.75, 3.05) is 13.1 Å². The number of allylic oxidation sites excluding steroid dienone is 3. The first-order valence-electron chi connectivity index (χ1n) is 12.6. The minimum absolute atomic E-state index is 0.0755. The van der Waals surface area contributed by atoms with Gasteiger partial charge in [-0.15, -0.1) is 0 Å². The highest BCUT2D eigenvalue weighted by Crippen LogP contribution is 2.67. The van der Waals surface area contributed by atoms with Crippen molar-refractivity contribution in [3.63, 3.8) is 0 Å². The van der Waals surface area contributed by atoms with Gasteiger partial charge >= 0.3 is 0 Å². The minimum Gasteiger partial charge on any atom is -0.504 e. The number of aromatic hydroxyl groups is 1. The molecule has 1 amide bonds. The van der Waals surface area contributed by atoms with E-state index in [4.69, 9.17) is 4.74 Å². The van der Waals surface area contributed by atoms with Gasteiger partial charge in [0, 0.05) is 35.8 Å². The number of aliphatic hydroxyl groups is 1. The predicted octanol–water partition coefficient (Wildman–Crippen LogP) is 2.05. The van der Waals surface area contributed by atoms with Gasteiger partial charge in [0.1, 0.15) is 6.17 Å². The molecule has 7 aliphatic rings. The Kier molecular flexibility index (Phi) is 3.49. The molecule has 1 saturated carbocycles. The summed E-state index contributed by atoms with van der Waals surface area (Å²) in [6.45, 7) is 3.95. The molecule has 3 N–H and O–H groups in total. The number of phenolic OH excluding ortho intramolecular Hbond substituents is 1. The van der Waals surface area contributed by atoms with Crippen LogP contribution in [0.3, 0.4) is 0 Å². The molecule has 1 spiro atoms. The van der Waals surface area contributed by atoms with E-state index in [0.29, 0.717) is 24.2 Å². The molecule has 3 aliphatic carbocycles. The van der Waals surface area contributed by atoms with Crippen LogP contribution in [0.2, 0.25) is 0 Å². The van der Waals surface area contributed by atoms with Gasteiger partial charge in [-0.1, -0.05) is 12.1 Å². The van der Waals surface area contributed by atoms with Gasteiger partial charge in [0.2, 0.25) is 0 Å². The van der Waals surface area contributed by atoms with Gasteiger partial charge in [-0.05, 0) is 68.9 Å². The maximum Gasteiger partial charge on any atom is 0.251 e. The van der Waals surface area contributed by atoms with Gasteiger partial charge in [-0.3, -0.25) is 9.69 Å². The molecule has 0 radical (unpaired) electrons. The highest BCUT2D eigenvalue weighted by Gasteiger charge is 2.74. The fourth-order valence-corrected chi connectivity index (χ4v) is 8.00. The van der Waals surface area contributed by atoms with Gasteiger partial charge in [-0.2, -0.15) is 0 Å². The van der Waals surface area contributed by atoms with E-state index in [1.807, 2.05) is 31.2 Å². The van der Waals surface area contributed by atoms with E-state index in [9.17, 15) is 15.0 Å². The number of carbonyl (C=O) groups excluding carboxylic acids is 1. The second-order valence-corrected chi connectivity index (χ2v) is 11.3. The molecule has 7 heteroatoms. The third kappa shape index (κ3) is 2.10. The number of phenols is 1. The molecule has 0 aromatic heterocycles. The molecule has 5 atom stereocenters. The van der Waals surface area contributed by atoms with Crippen molar-refractivity contribution in [1.29, 1.82) is 0 Å². The van der Waals surface area contributed by atoms with Crippen LogP contribution in [0.25, 0.3) is 0 Å². The van der Waals surface area contributed by atoms with E-state index < -0.39 is 17.1 Å². The zero-order valence-corrected chi connectivity index (χ0v) is 19.3. The zero-order valence-electron chi connectivity index (χ0n) is 19.3. The van der Waals surface area contributed by atoms with Crippen LogP contribution < -0.4 is 10.1 Å². The molecule has 8 rings (SSSR count). The Labute approximate surface area is 198 Å². The van der Waals surface area contributed by atoms with Crippen molar-refractivity contribution < 1.29 is 19.7 Å². The minimum atomic E-state index is -1.14. The molecular weight excluding hydrogens is 430 g/mol. The predicted molar refractivity (Wildman–Crippen MR) is 124 cm³/mol. The van der Waals surface area contributed by atoms with Crippen molar-refractivity contribution in [3.05, 3.63) is 58.5 Å². The number of nitrogens with one attached hydrogen (secondary N) is 1. The summed E-state index contributed by atoms with van der Waals surface area (Å²) in [7, 11) is 0. The van der Waals surface area contributed by atoms with Crippen LogP contribution in [-0.2, 0) is 16.6 Å². The van der Waals surface area contributed by atoms with Crippen LogP contribution in [0, 0.1) is 5.92 Å². The number of likely N-dealkylation sites (tertiary alicyclic amines) is 1. The highest BCUT2D eigenvalue weighted by molar-refractivity contribution is 5.97. The molecular formula is C27H29N3O4. The Morgan fingerprint density at radius 1 is 1.29 bits per heavy atom. The molecule has 1 saturated heterocycles. The van der Waals surface area contributed by atoms with Gasteiger partial charge < -0.3 is 25.2 Å². The molecule has 2 bridgehead atoms. The second-order valence-electron chi connectivity index (χ2n) is 11.3. The summed E-state index contributed by atoms with van der Waals surface area (Å²) >= 11 is 0. The molecule has 34 heavy (non-hydrogen) atoms. The fraction of sp³-hybridized carbons (Fsp3) is 0.519. The van der Waals surface area contributed by atoms with Crippen LogP contribution >= 0.6 is 0 Å². The van der Waals surface area contributed by atoms with Crippen LogP contribution in [0.5, 0.6) is 11.5 Å². The van der Waals surface area contributed by atoms with Crippen molar-refractivity contribution in [1.82, 2.24) is 15.1 Å². The Bertz CT molecular complexity index is 1260. The topological polar surface area (TPSA) is 85.3 Å². The summed E-state index contributed by atoms with van der Waals surface area (Å²) in [6.07, 6.45) is 9.50. The third-order valence-corrected chi connectivity index (χ3v) is 9.62. The van der Waals surface area contributed by atoms with E-state index >= 15 is 0 Å². The Balaban J connectivity index is 1.39. The number of nitrogens with zero attached hydrogens (tertiary/aromatic N) is 2. The molecule has 2 fully saturated rings. The van der Waals surface area contributed by atoms with Crippen LogP contribution in [0.4, 0.5) is 0 Å². The molecule has 1 aromatic carbocycles. The average Bonchev–Trinajstić information content (AvgIpc) is 3.54. The summed E-state index contributed by atoms with van der Waals surface area (Å²) < 4.78 is 6.66. The van der Waals surface area contributed by atoms with Crippen molar-refractivity contribution >= 4 is 5.91 Å². The molecule has 7 nitrogen and oxygen atoms in total. The molecule has 4 heterocycles. The average molecular weight is 460 g/mol. The van der Waals surface area contributed by atoms with Crippen LogP contribution in [0.1, 0.15) is 43.7 Å². The Morgan fingerprint density at radius 2 is 2.15 bits per heavy atom. The van der Waals surface area contributed by atoms with Gasteiger partial charge in [-0.25, -0.2) is 0 Å². The summed E-state index contributed by atoms with van der Waals surface area (Å²) in [6, 6.07) is 3.67. The number of benzene rings is 1. The number of hydrogen-bond donors (Lipinski definition) is 3. The van der Waals surface area contributed by atoms with E-state index in [-0.39, 0.29) is 23.9 Å². The molecule has 1 aromatic rings. The first-order valence-corrected chi connectivity index (χ1v) is 12.6. The number of carbonyl (C=O) groups is 1. The number of amides is 1. The van der Waals surface area contributed by atoms with Gasteiger partial charge in [0.15, 0.2) is 17.6 Å². The van der Waals surface area contributed by atoms with Crippen molar-refractivity contribution in [2.24, 2.45) is 5.92 Å². The lowest BCUT2D eigenvalue weighted by Crippen LogP contribution is -2.77. The quantitative estimate of drug-likeness (QED) is 0.628. The number of ether oxygens (including phenoxy) is 1. The summed E-state index contributed by atoms with van der Waals surface area (Å²) in [5, 5.41) is 26.7. The van der Waals surface area contributed by atoms with Crippen LogP contribution in [-0.4, -0.2) is 62.9 Å². The molecule has 4 aliphatic heterocycles. The lowest BCUT2D eigenvalue weighted by atomic mass is 9.48. The van der Waals surface area contributed by atoms with E-state index in [1.54, 1.807) is 6.07 Å². The lowest BCUT2D eigenvalue weighted by molar-refractivity contribution is -0.172. The monoisotopic (exact) mass is 459 g/mol. The number of fused-ring (bicyclic) bond motifs is 3. The first kappa shape index (κ1) is 19.5. The zero-order chi connectivity index (χ0) is 23.0. The first-order chi connectivity index (χ1) is 16.4. The van der Waals surface area contributed by atoms with E-state index in [0.717, 1.165) is 47.9 Å². The highest BCUT2D eigenvalue weighted by atomic mass is 16.5. The van der Waals surface area contributed by atoms with E-state index in [1.165, 1.54) is 12.8 Å². The fourth-order valence-electron chi connectivity index (χ4n) is 8.00. The SMILES string of the molecule is CC1=CC=CC2NC(=O)C3=C([C@@H]4Oc5c(O)ccc6c5[C@@]45CCN(CC4CC4)[C@H](C6)[C@]5(O)C3)N12. The Hall–Kier alpha value is -2.77.